The number of nitriles is 1. The Morgan fingerprint density at radius 2 is 2.00 bits per heavy atom. The predicted molar refractivity (Wildman–Crippen MR) is 111 cm³/mol. The maximum Gasteiger partial charge on any atom is 0.255 e. The molecule has 1 heterocycles. The molecule has 5 nitrogen and oxygen atoms in total. The summed E-state index contributed by atoms with van der Waals surface area (Å²) in [5.41, 5.74) is 3.35. The monoisotopic (exact) mass is 369 g/mol. The zero-order valence-electron chi connectivity index (χ0n) is 15.9. The summed E-state index contributed by atoms with van der Waals surface area (Å²) in [6.07, 6.45) is 2.40. The zero-order valence-corrected chi connectivity index (χ0v) is 15.9. The second kappa shape index (κ2) is 8.99. The molecule has 2 aromatic rings. The van der Waals surface area contributed by atoms with Gasteiger partial charge in [-0.1, -0.05) is 6.07 Å². The van der Waals surface area contributed by atoms with Gasteiger partial charge in [0.25, 0.3) is 5.91 Å². The summed E-state index contributed by atoms with van der Waals surface area (Å²) in [7, 11) is 11.2. The first-order valence-corrected chi connectivity index (χ1v) is 9.31. The lowest BCUT2D eigenvalue weighted by atomic mass is 9.82. The van der Waals surface area contributed by atoms with Gasteiger partial charge >= 0.3 is 0 Å². The van der Waals surface area contributed by atoms with Gasteiger partial charge in [-0.2, -0.15) is 5.26 Å². The average molecular weight is 369 g/mol. The van der Waals surface area contributed by atoms with Crippen LogP contribution in [0.1, 0.15) is 39.9 Å². The number of hydrogen-bond donors (Lipinski definition) is 1. The van der Waals surface area contributed by atoms with Crippen LogP contribution in [0.2, 0.25) is 0 Å². The molecule has 1 aliphatic rings. The highest BCUT2D eigenvalue weighted by Crippen LogP contribution is 2.27. The number of amides is 1. The van der Waals surface area contributed by atoms with Crippen molar-refractivity contribution >= 4 is 27.3 Å². The minimum Gasteiger partial charge on any atom is -0.509 e. The van der Waals surface area contributed by atoms with Crippen LogP contribution in [0.25, 0.3) is 0 Å². The van der Waals surface area contributed by atoms with Crippen molar-refractivity contribution in [3.05, 3.63) is 58.7 Å². The summed E-state index contributed by atoms with van der Waals surface area (Å²) in [4.78, 5) is 15.0. The normalized spacial score (nSPS) is 14.0. The molecule has 0 aromatic heterocycles. The lowest BCUT2D eigenvalue weighted by Gasteiger charge is -2.20. The van der Waals surface area contributed by atoms with Crippen molar-refractivity contribution in [2.24, 2.45) is 0 Å². The van der Waals surface area contributed by atoms with E-state index in [-0.39, 0.29) is 5.91 Å². The molecule has 7 heteroatoms. The SMILES string of the molecule is [B]C([B])Oc1cc(NC(=O)c2ccc(C#N)cc2C)ccc1CN1CCCC1. The van der Waals surface area contributed by atoms with Gasteiger partial charge in [-0.3, -0.25) is 9.69 Å². The third kappa shape index (κ3) is 4.96. The summed E-state index contributed by atoms with van der Waals surface area (Å²) in [6.45, 7) is 4.68. The number of nitrogens with one attached hydrogen (secondary N) is 1. The van der Waals surface area contributed by atoms with Crippen molar-refractivity contribution in [3.8, 4) is 11.8 Å². The molecular weight excluding hydrogens is 348 g/mol. The van der Waals surface area contributed by atoms with Crippen LogP contribution in [0.5, 0.6) is 5.75 Å². The largest absolute Gasteiger partial charge is 0.509 e. The molecule has 1 saturated heterocycles. The van der Waals surface area contributed by atoms with E-state index in [1.54, 1.807) is 31.2 Å². The molecule has 0 saturated carbocycles. The molecule has 138 valence electrons. The van der Waals surface area contributed by atoms with Crippen LogP contribution in [-0.2, 0) is 6.54 Å². The van der Waals surface area contributed by atoms with E-state index < -0.39 is 5.90 Å². The van der Waals surface area contributed by atoms with Gasteiger partial charge in [0, 0.05) is 35.3 Å². The Labute approximate surface area is 168 Å². The first kappa shape index (κ1) is 20.0. The standard InChI is InChI=1S/C21H21B2N3O2/c1-14-10-15(12-24)4-7-18(14)20(27)25-17-6-5-16(13-26-8-2-3-9-26)19(11-17)28-21(22)23/h4-7,10-11,21H,2-3,8-9,13H2,1H3,(H,25,27). The topological polar surface area (TPSA) is 65.4 Å². The van der Waals surface area contributed by atoms with E-state index >= 15 is 0 Å². The highest BCUT2D eigenvalue weighted by Gasteiger charge is 2.16. The maximum absolute atomic E-state index is 12.6. The number of anilines is 1. The quantitative estimate of drug-likeness (QED) is 0.796. The molecule has 1 fully saturated rings. The van der Waals surface area contributed by atoms with E-state index in [4.69, 9.17) is 25.7 Å². The molecule has 28 heavy (non-hydrogen) atoms. The fourth-order valence-electron chi connectivity index (χ4n) is 3.39. The van der Waals surface area contributed by atoms with Crippen molar-refractivity contribution in [1.82, 2.24) is 4.90 Å². The van der Waals surface area contributed by atoms with Crippen LogP contribution in [0.3, 0.4) is 0 Å². The van der Waals surface area contributed by atoms with E-state index in [2.05, 4.69) is 16.3 Å². The van der Waals surface area contributed by atoms with Crippen molar-refractivity contribution in [2.45, 2.75) is 32.2 Å². The smallest absolute Gasteiger partial charge is 0.255 e. The van der Waals surface area contributed by atoms with Crippen LogP contribution in [-0.4, -0.2) is 45.5 Å². The number of nitrogens with zero attached hydrogens (tertiary/aromatic N) is 2. The third-order valence-electron chi connectivity index (χ3n) is 4.78. The van der Waals surface area contributed by atoms with E-state index in [9.17, 15) is 4.79 Å². The second-order valence-electron chi connectivity index (χ2n) is 6.98. The summed E-state index contributed by atoms with van der Waals surface area (Å²) >= 11 is 0. The van der Waals surface area contributed by atoms with Gasteiger partial charge in [0.15, 0.2) is 0 Å². The number of aryl methyl sites for hydroxylation is 1. The molecule has 0 atom stereocenters. The van der Waals surface area contributed by atoms with Crippen molar-refractivity contribution in [2.75, 3.05) is 18.4 Å². The van der Waals surface area contributed by atoms with E-state index in [1.165, 1.54) is 12.8 Å². The molecule has 1 amide bonds. The fourth-order valence-corrected chi connectivity index (χ4v) is 3.39. The van der Waals surface area contributed by atoms with E-state index in [0.29, 0.717) is 22.6 Å². The van der Waals surface area contributed by atoms with Gasteiger partial charge < -0.3 is 10.1 Å². The summed E-state index contributed by atoms with van der Waals surface area (Å²) in [5, 5.41) is 11.8. The molecular formula is C21H21B2N3O2. The molecule has 1 N–H and O–H groups in total. The summed E-state index contributed by atoms with van der Waals surface area (Å²) in [5.74, 6) is -0.627. The van der Waals surface area contributed by atoms with E-state index in [1.807, 2.05) is 12.1 Å². The Balaban J connectivity index is 1.79. The summed E-state index contributed by atoms with van der Waals surface area (Å²) in [6, 6.07) is 12.6. The number of hydrogen-bond acceptors (Lipinski definition) is 4. The molecule has 0 bridgehead atoms. The van der Waals surface area contributed by atoms with Crippen LogP contribution < -0.4 is 10.1 Å². The predicted octanol–water partition coefficient (Wildman–Crippen LogP) is 2.71. The number of benzene rings is 2. The molecule has 3 rings (SSSR count). The number of carbonyl (C=O) groups is 1. The Morgan fingerprint density at radius 3 is 2.64 bits per heavy atom. The van der Waals surface area contributed by atoms with Gasteiger partial charge in [0.05, 0.1) is 11.6 Å². The first-order chi connectivity index (χ1) is 13.5. The van der Waals surface area contributed by atoms with Gasteiger partial charge in [-0.25, -0.2) is 0 Å². The van der Waals surface area contributed by atoms with Gasteiger partial charge in [-0.05, 0) is 62.7 Å². The van der Waals surface area contributed by atoms with Crippen molar-refractivity contribution in [1.29, 1.82) is 5.26 Å². The first-order valence-electron chi connectivity index (χ1n) is 9.31. The Hall–Kier alpha value is -2.71. The zero-order chi connectivity index (χ0) is 20.1. The van der Waals surface area contributed by atoms with Gasteiger partial charge in [0.2, 0.25) is 0 Å². The number of likely N-dealkylation sites (tertiary alicyclic amines) is 1. The molecule has 0 aliphatic carbocycles. The molecule has 4 radical (unpaired) electrons. The second-order valence-corrected chi connectivity index (χ2v) is 6.98. The Bertz CT molecular complexity index is 903. The Morgan fingerprint density at radius 1 is 1.25 bits per heavy atom. The van der Waals surface area contributed by atoms with E-state index in [0.717, 1.165) is 30.8 Å². The lowest BCUT2D eigenvalue weighted by molar-refractivity contribution is 0.102. The minimum atomic E-state index is -0.941. The average Bonchev–Trinajstić information content (AvgIpc) is 3.16. The molecule has 0 unspecified atom stereocenters. The molecule has 1 aliphatic heterocycles. The minimum absolute atomic E-state index is 0.253. The third-order valence-corrected chi connectivity index (χ3v) is 4.78. The number of rotatable bonds is 6. The lowest BCUT2D eigenvalue weighted by Crippen LogP contribution is -2.21. The van der Waals surface area contributed by atoms with Crippen molar-refractivity contribution < 1.29 is 9.53 Å². The Kier molecular flexibility index (Phi) is 6.43. The molecule has 0 spiro atoms. The van der Waals surface area contributed by atoms with Crippen LogP contribution in [0.15, 0.2) is 36.4 Å². The van der Waals surface area contributed by atoms with Gasteiger partial charge in [0.1, 0.15) is 21.4 Å². The van der Waals surface area contributed by atoms with Gasteiger partial charge in [-0.15, -0.1) is 0 Å². The highest BCUT2D eigenvalue weighted by atomic mass is 16.5. The number of ether oxygens (including phenoxy) is 1. The fraction of sp³-hybridized carbons (Fsp3) is 0.333. The molecule has 2 aromatic carbocycles. The van der Waals surface area contributed by atoms with Crippen LogP contribution in [0, 0.1) is 18.3 Å². The van der Waals surface area contributed by atoms with Crippen LogP contribution in [0.4, 0.5) is 5.69 Å². The van der Waals surface area contributed by atoms with Crippen LogP contribution >= 0.6 is 0 Å². The maximum atomic E-state index is 12.6. The highest BCUT2D eigenvalue weighted by molar-refractivity contribution is 6.34. The summed E-state index contributed by atoms with van der Waals surface area (Å²) < 4.78 is 5.58. The number of carbonyl (C=O) groups excluding carboxylic acids is 1. The van der Waals surface area contributed by atoms with Crippen molar-refractivity contribution in [3.63, 3.8) is 0 Å².